The van der Waals surface area contributed by atoms with Crippen LogP contribution in [-0.4, -0.2) is 14.1 Å². The molecule has 0 amide bonds. The first-order valence-corrected chi connectivity index (χ1v) is 4.40. The van der Waals surface area contributed by atoms with Crippen molar-refractivity contribution in [2.75, 3.05) is 19.0 Å². The third-order valence-corrected chi connectivity index (χ3v) is 1.87. The Labute approximate surface area is 74.4 Å². The fourth-order valence-electron chi connectivity index (χ4n) is 1.15. The van der Waals surface area contributed by atoms with E-state index in [9.17, 15) is 0 Å². The van der Waals surface area contributed by atoms with E-state index in [4.69, 9.17) is 0 Å². The normalized spacial score (nSPS) is 9.92. The van der Waals surface area contributed by atoms with Crippen LogP contribution in [0.1, 0.15) is 13.3 Å². The fraction of sp³-hybridized carbons (Fsp3) is 0.500. The van der Waals surface area contributed by atoms with Gasteiger partial charge in [0.05, 0.1) is 0 Å². The monoisotopic (exact) mass is 165 g/mol. The van der Waals surface area contributed by atoms with Crippen molar-refractivity contribution in [1.82, 2.24) is 0 Å². The van der Waals surface area contributed by atoms with Crippen molar-refractivity contribution in [3.63, 3.8) is 0 Å². The van der Waals surface area contributed by atoms with E-state index in [0.717, 1.165) is 6.54 Å². The van der Waals surface area contributed by atoms with Crippen LogP contribution in [0, 0.1) is 0 Å². The standard InChI is InChI=1S/C10H17N2/c1-4-7-12-8-5-10(6-9-12)11(2)3/h5-6,8-9H,4,7H2,1-3H3/q+1. The average Bonchev–Trinajstić information content (AvgIpc) is 2.06. The molecule has 0 radical (unpaired) electrons. The second-order valence-electron chi connectivity index (χ2n) is 3.19. The number of nitrogens with zero attached hydrogens (tertiary/aromatic N) is 2. The zero-order valence-electron chi connectivity index (χ0n) is 8.12. The molecular formula is C10H17N2+. The van der Waals surface area contributed by atoms with E-state index >= 15 is 0 Å². The van der Waals surface area contributed by atoms with Crippen LogP contribution >= 0.6 is 0 Å². The fourth-order valence-corrected chi connectivity index (χ4v) is 1.15. The van der Waals surface area contributed by atoms with Gasteiger partial charge in [0, 0.05) is 38.3 Å². The highest BCUT2D eigenvalue weighted by molar-refractivity contribution is 5.41. The van der Waals surface area contributed by atoms with Crippen LogP contribution in [-0.2, 0) is 6.54 Å². The van der Waals surface area contributed by atoms with Gasteiger partial charge in [-0.25, -0.2) is 4.57 Å². The number of hydrogen-bond donors (Lipinski definition) is 0. The van der Waals surface area contributed by atoms with Crippen LogP contribution in [0.2, 0.25) is 0 Å². The molecule has 0 fully saturated rings. The zero-order valence-corrected chi connectivity index (χ0v) is 8.12. The van der Waals surface area contributed by atoms with E-state index in [1.54, 1.807) is 0 Å². The Morgan fingerprint density at radius 2 is 1.83 bits per heavy atom. The predicted molar refractivity (Wildman–Crippen MR) is 51.3 cm³/mol. The molecule has 1 heterocycles. The first kappa shape index (κ1) is 9.04. The molecule has 0 atom stereocenters. The lowest BCUT2D eigenvalue weighted by molar-refractivity contribution is -0.696. The maximum Gasteiger partial charge on any atom is 0.170 e. The number of hydrogen-bond acceptors (Lipinski definition) is 1. The van der Waals surface area contributed by atoms with Crippen molar-refractivity contribution in [1.29, 1.82) is 0 Å². The predicted octanol–water partition coefficient (Wildman–Crippen LogP) is 1.45. The smallest absolute Gasteiger partial charge is 0.170 e. The molecule has 0 aliphatic carbocycles. The van der Waals surface area contributed by atoms with Crippen molar-refractivity contribution < 1.29 is 4.57 Å². The van der Waals surface area contributed by atoms with Crippen LogP contribution in [0.3, 0.4) is 0 Å². The summed E-state index contributed by atoms with van der Waals surface area (Å²) in [5, 5.41) is 0. The van der Waals surface area contributed by atoms with Crippen molar-refractivity contribution in [2.45, 2.75) is 19.9 Å². The van der Waals surface area contributed by atoms with Crippen LogP contribution in [0.4, 0.5) is 5.69 Å². The molecule has 12 heavy (non-hydrogen) atoms. The number of aryl methyl sites for hydroxylation is 1. The number of anilines is 1. The van der Waals surface area contributed by atoms with Gasteiger partial charge in [-0.3, -0.25) is 0 Å². The van der Waals surface area contributed by atoms with Gasteiger partial charge >= 0.3 is 0 Å². The van der Waals surface area contributed by atoms with E-state index in [-0.39, 0.29) is 0 Å². The summed E-state index contributed by atoms with van der Waals surface area (Å²) in [6.45, 7) is 3.29. The Balaban J connectivity index is 2.71. The summed E-state index contributed by atoms with van der Waals surface area (Å²) in [5.41, 5.74) is 1.25. The minimum absolute atomic E-state index is 1.10. The molecule has 2 heteroatoms. The van der Waals surface area contributed by atoms with E-state index in [0.29, 0.717) is 0 Å². The minimum atomic E-state index is 1.10. The van der Waals surface area contributed by atoms with Crippen LogP contribution in [0.15, 0.2) is 24.5 Å². The number of pyridine rings is 1. The molecule has 0 aliphatic heterocycles. The van der Waals surface area contributed by atoms with Gasteiger partial charge in [0.1, 0.15) is 6.54 Å². The summed E-state index contributed by atoms with van der Waals surface area (Å²) in [6, 6.07) is 4.27. The molecule has 1 rings (SSSR count). The molecule has 0 aliphatic rings. The summed E-state index contributed by atoms with van der Waals surface area (Å²) < 4.78 is 2.20. The molecule has 0 saturated carbocycles. The van der Waals surface area contributed by atoms with Crippen LogP contribution in [0.5, 0.6) is 0 Å². The Morgan fingerprint density at radius 3 is 2.25 bits per heavy atom. The molecule has 1 aromatic heterocycles. The molecule has 66 valence electrons. The molecule has 0 unspecified atom stereocenters. The van der Waals surface area contributed by atoms with Gasteiger partial charge in [0.2, 0.25) is 0 Å². The second-order valence-corrected chi connectivity index (χ2v) is 3.19. The molecule has 0 N–H and O–H groups in total. The average molecular weight is 165 g/mol. The van der Waals surface area contributed by atoms with Gasteiger partial charge in [-0.05, 0) is 0 Å². The summed E-state index contributed by atoms with van der Waals surface area (Å²) >= 11 is 0. The maximum absolute atomic E-state index is 2.20. The highest BCUT2D eigenvalue weighted by Gasteiger charge is 1.99. The molecule has 0 saturated heterocycles. The largest absolute Gasteiger partial charge is 0.377 e. The van der Waals surface area contributed by atoms with E-state index < -0.39 is 0 Å². The Hall–Kier alpha value is -1.05. The number of aromatic nitrogens is 1. The van der Waals surface area contributed by atoms with Crippen molar-refractivity contribution >= 4 is 5.69 Å². The van der Waals surface area contributed by atoms with Gasteiger partial charge in [-0.2, -0.15) is 0 Å². The minimum Gasteiger partial charge on any atom is -0.377 e. The summed E-state index contributed by atoms with van der Waals surface area (Å²) in [6.07, 6.45) is 5.43. The van der Waals surface area contributed by atoms with E-state index in [1.165, 1.54) is 12.1 Å². The van der Waals surface area contributed by atoms with E-state index in [2.05, 4.69) is 55.0 Å². The Morgan fingerprint density at radius 1 is 1.25 bits per heavy atom. The van der Waals surface area contributed by atoms with Gasteiger partial charge < -0.3 is 4.90 Å². The summed E-state index contributed by atoms with van der Waals surface area (Å²) in [7, 11) is 4.11. The Kier molecular flexibility index (Phi) is 3.09. The van der Waals surface area contributed by atoms with Crippen LogP contribution < -0.4 is 9.47 Å². The molecule has 0 bridgehead atoms. The zero-order chi connectivity index (χ0) is 8.97. The topological polar surface area (TPSA) is 7.12 Å². The Bertz CT molecular complexity index is 226. The highest BCUT2D eigenvalue weighted by Crippen LogP contribution is 2.05. The van der Waals surface area contributed by atoms with Crippen LogP contribution in [0.25, 0.3) is 0 Å². The molecule has 2 nitrogen and oxygen atoms in total. The molecule has 0 spiro atoms. The van der Waals surface area contributed by atoms with Crippen molar-refractivity contribution in [3.05, 3.63) is 24.5 Å². The third-order valence-electron chi connectivity index (χ3n) is 1.87. The van der Waals surface area contributed by atoms with Crippen molar-refractivity contribution in [3.8, 4) is 0 Å². The third kappa shape index (κ3) is 2.22. The first-order valence-electron chi connectivity index (χ1n) is 4.40. The lowest BCUT2D eigenvalue weighted by Gasteiger charge is -2.10. The molecule has 1 aromatic rings. The first-order chi connectivity index (χ1) is 5.74. The highest BCUT2D eigenvalue weighted by atomic mass is 15.1. The summed E-state index contributed by atoms with van der Waals surface area (Å²) in [4.78, 5) is 2.11. The second kappa shape index (κ2) is 4.10. The maximum atomic E-state index is 2.20. The quantitative estimate of drug-likeness (QED) is 0.615. The number of rotatable bonds is 3. The lowest BCUT2D eigenvalue weighted by Crippen LogP contribution is -2.32. The molecule has 0 aromatic carbocycles. The molecular weight excluding hydrogens is 148 g/mol. The summed E-state index contributed by atoms with van der Waals surface area (Å²) in [5.74, 6) is 0. The lowest BCUT2D eigenvalue weighted by atomic mass is 10.3. The van der Waals surface area contributed by atoms with Gasteiger partial charge in [-0.15, -0.1) is 0 Å². The van der Waals surface area contributed by atoms with Gasteiger partial charge in [0.15, 0.2) is 12.4 Å². The van der Waals surface area contributed by atoms with Gasteiger partial charge in [-0.1, -0.05) is 6.92 Å². The SMILES string of the molecule is CCC[n+]1ccc(N(C)C)cc1. The van der Waals surface area contributed by atoms with Crippen molar-refractivity contribution in [2.24, 2.45) is 0 Å². The van der Waals surface area contributed by atoms with Gasteiger partial charge in [0.25, 0.3) is 0 Å². The van der Waals surface area contributed by atoms with E-state index in [1.807, 2.05) is 0 Å².